The fourth-order valence-electron chi connectivity index (χ4n) is 1.41. The lowest BCUT2D eigenvalue weighted by Crippen LogP contribution is -2.05. The number of rotatable bonds is 3. The Kier molecular flexibility index (Phi) is 3.00. The van der Waals surface area contributed by atoms with Gasteiger partial charge in [0.1, 0.15) is 5.82 Å². The first-order valence-corrected chi connectivity index (χ1v) is 5.87. The van der Waals surface area contributed by atoms with E-state index in [1.54, 1.807) is 10.9 Å². The molecule has 5 nitrogen and oxygen atoms in total. The van der Waals surface area contributed by atoms with Gasteiger partial charge in [0, 0.05) is 17.8 Å². The van der Waals surface area contributed by atoms with E-state index in [0.717, 1.165) is 10.0 Å². The number of nitrogens with zero attached hydrogens (tertiary/aromatic N) is 4. The first-order valence-electron chi connectivity index (χ1n) is 5.07. The summed E-state index contributed by atoms with van der Waals surface area (Å²) in [7, 11) is 0. The van der Waals surface area contributed by atoms with Crippen molar-refractivity contribution in [1.29, 1.82) is 0 Å². The number of anilines is 1. The summed E-state index contributed by atoms with van der Waals surface area (Å²) in [6.07, 6.45) is 5.55. The lowest BCUT2D eigenvalue weighted by molar-refractivity contribution is 0.531. The molecular weight excluding hydrogens is 270 g/mol. The summed E-state index contributed by atoms with van der Waals surface area (Å²) in [5.41, 5.74) is 6.94. The molecule has 0 fully saturated rings. The topological polar surface area (TPSA) is 61.7 Å². The number of hydrogen-bond acceptors (Lipinski definition) is 3. The van der Waals surface area contributed by atoms with Gasteiger partial charge >= 0.3 is 0 Å². The van der Waals surface area contributed by atoms with Crippen LogP contribution >= 0.6 is 15.9 Å². The average molecular weight is 284 g/mol. The Morgan fingerprint density at radius 2 is 2.12 bits per heavy atom. The zero-order chi connectivity index (χ0) is 11.7. The Bertz CT molecular complexity index is 485. The van der Waals surface area contributed by atoms with Crippen LogP contribution in [0.1, 0.15) is 25.5 Å². The van der Waals surface area contributed by atoms with Crippen molar-refractivity contribution in [1.82, 2.24) is 19.6 Å². The van der Waals surface area contributed by atoms with Gasteiger partial charge in [0.25, 0.3) is 0 Å². The number of aromatic nitrogens is 4. The third-order valence-corrected chi connectivity index (χ3v) is 2.96. The van der Waals surface area contributed by atoms with Crippen LogP contribution in [0.5, 0.6) is 0 Å². The molecule has 2 heterocycles. The van der Waals surface area contributed by atoms with E-state index in [2.05, 4.69) is 40.0 Å². The SMILES string of the molecule is CC(C)n1cc(Cn2ncc(Br)c2N)cn1. The van der Waals surface area contributed by atoms with Crippen LogP contribution in [-0.2, 0) is 6.54 Å². The highest BCUT2D eigenvalue weighted by molar-refractivity contribution is 9.10. The molecule has 0 unspecified atom stereocenters. The second-order valence-electron chi connectivity index (χ2n) is 3.96. The molecule has 0 aliphatic heterocycles. The predicted molar refractivity (Wildman–Crippen MR) is 66.1 cm³/mol. The van der Waals surface area contributed by atoms with Crippen LogP contribution in [0.3, 0.4) is 0 Å². The minimum absolute atomic E-state index is 0.371. The summed E-state index contributed by atoms with van der Waals surface area (Å²) < 4.78 is 4.49. The minimum Gasteiger partial charge on any atom is -0.383 e. The van der Waals surface area contributed by atoms with Crippen molar-refractivity contribution in [3.63, 3.8) is 0 Å². The Morgan fingerprint density at radius 1 is 1.38 bits per heavy atom. The van der Waals surface area contributed by atoms with E-state index in [4.69, 9.17) is 5.73 Å². The third-order valence-electron chi connectivity index (χ3n) is 2.35. The highest BCUT2D eigenvalue weighted by Gasteiger charge is 2.07. The van der Waals surface area contributed by atoms with Gasteiger partial charge in [-0.3, -0.25) is 4.68 Å². The lowest BCUT2D eigenvalue weighted by Gasteiger charge is -2.04. The Labute approximate surface area is 102 Å². The predicted octanol–water partition coefficient (Wildman–Crippen LogP) is 2.05. The number of nitrogens with two attached hydrogens (primary N) is 1. The highest BCUT2D eigenvalue weighted by Crippen LogP contribution is 2.19. The van der Waals surface area contributed by atoms with Gasteiger partial charge in [0.05, 0.1) is 23.4 Å². The molecule has 0 saturated carbocycles. The van der Waals surface area contributed by atoms with Crippen molar-refractivity contribution in [3.8, 4) is 0 Å². The van der Waals surface area contributed by atoms with Crippen molar-refractivity contribution in [3.05, 3.63) is 28.6 Å². The van der Waals surface area contributed by atoms with Gasteiger partial charge < -0.3 is 5.73 Å². The van der Waals surface area contributed by atoms with Gasteiger partial charge in [-0.15, -0.1) is 0 Å². The first kappa shape index (κ1) is 11.2. The molecule has 0 radical (unpaired) electrons. The molecule has 0 spiro atoms. The monoisotopic (exact) mass is 283 g/mol. The third kappa shape index (κ3) is 2.11. The zero-order valence-corrected chi connectivity index (χ0v) is 10.8. The second-order valence-corrected chi connectivity index (χ2v) is 4.81. The molecule has 6 heteroatoms. The van der Waals surface area contributed by atoms with Crippen LogP contribution < -0.4 is 5.73 Å². The van der Waals surface area contributed by atoms with Crippen LogP contribution in [0.25, 0.3) is 0 Å². The molecule has 2 rings (SSSR count). The van der Waals surface area contributed by atoms with Crippen LogP contribution in [0.2, 0.25) is 0 Å². The quantitative estimate of drug-likeness (QED) is 0.938. The van der Waals surface area contributed by atoms with E-state index >= 15 is 0 Å². The van der Waals surface area contributed by atoms with Crippen LogP contribution in [0.15, 0.2) is 23.1 Å². The van der Waals surface area contributed by atoms with Crippen LogP contribution in [0.4, 0.5) is 5.82 Å². The minimum atomic E-state index is 0.371. The lowest BCUT2D eigenvalue weighted by atomic mass is 10.3. The van der Waals surface area contributed by atoms with Crippen molar-refractivity contribution in [2.45, 2.75) is 26.4 Å². The molecule has 2 N–H and O–H groups in total. The molecule has 86 valence electrons. The van der Waals surface area contributed by atoms with E-state index in [1.165, 1.54) is 0 Å². The van der Waals surface area contributed by atoms with E-state index in [9.17, 15) is 0 Å². The maximum Gasteiger partial charge on any atom is 0.136 e. The molecule has 0 bridgehead atoms. The summed E-state index contributed by atoms with van der Waals surface area (Å²) in [5.74, 6) is 0.636. The van der Waals surface area contributed by atoms with Crippen molar-refractivity contribution in [2.24, 2.45) is 0 Å². The Balaban J connectivity index is 2.17. The Morgan fingerprint density at radius 3 is 2.62 bits per heavy atom. The van der Waals surface area contributed by atoms with E-state index in [-0.39, 0.29) is 0 Å². The van der Waals surface area contributed by atoms with E-state index in [1.807, 2.05) is 17.1 Å². The van der Waals surface area contributed by atoms with Gasteiger partial charge in [-0.1, -0.05) is 0 Å². The largest absolute Gasteiger partial charge is 0.383 e. The van der Waals surface area contributed by atoms with Crippen LogP contribution in [0, 0.1) is 0 Å². The molecule has 0 aliphatic rings. The fourth-order valence-corrected chi connectivity index (χ4v) is 1.71. The summed E-state index contributed by atoms with van der Waals surface area (Å²) >= 11 is 3.33. The number of halogens is 1. The van der Waals surface area contributed by atoms with Gasteiger partial charge in [-0.2, -0.15) is 10.2 Å². The maximum atomic E-state index is 5.84. The zero-order valence-electron chi connectivity index (χ0n) is 9.26. The molecule has 0 aliphatic carbocycles. The summed E-state index contributed by atoms with van der Waals surface area (Å²) in [6, 6.07) is 0.371. The van der Waals surface area contributed by atoms with Crippen molar-refractivity contribution in [2.75, 3.05) is 5.73 Å². The Hall–Kier alpha value is -1.30. The molecule has 2 aromatic rings. The normalized spacial score (nSPS) is 11.2. The molecule has 0 atom stereocenters. The van der Waals surface area contributed by atoms with E-state index in [0.29, 0.717) is 18.4 Å². The van der Waals surface area contributed by atoms with Crippen LogP contribution in [-0.4, -0.2) is 19.6 Å². The van der Waals surface area contributed by atoms with Gasteiger partial charge in [0.2, 0.25) is 0 Å². The number of nitrogen functional groups attached to an aromatic ring is 1. The highest BCUT2D eigenvalue weighted by atomic mass is 79.9. The van der Waals surface area contributed by atoms with E-state index < -0.39 is 0 Å². The molecule has 0 aromatic carbocycles. The standard InChI is InChI=1S/C10H14BrN5/c1-7(2)15-5-8(3-13-15)6-16-10(12)9(11)4-14-16/h3-5,7H,6,12H2,1-2H3. The second kappa shape index (κ2) is 4.29. The molecule has 0 saturated heterocycles. The van der Waals surface area contributed by atoms with Crippen molar-refractivity contribution < 1.29 is 0 Å². The molecular formula is C10H14BrN5. The smallest absolute Gasteiger partial charge is 0.136 e. The molecule has 0 amide bonds. The molecule has 16 heavy (non-hydrogen) atoms. The van der Waals surface area contributed by atoms with Crippen molar-refractivity contribution >= 4 is 21.7 Å². The summed E-state index contributed by atoms with van der Waals surface area (Å²) in [4.78, 5) is 0. The summed E-state index contributed by atoms with van der Waals surface area (Å²) in [6.45, 7) is 4.83. The van der Waals surface area contributed by atoms with Gasteiger partial charge in [-0.25, -0.2) is 4.68 Å². The molecule has 2 aromatic heterocycles. The van der Waals surface area contributed by atoms with Gasteiger partial charge in [-0.05, 0) is 29.8 Å². The maximum absolute atomic E-state index is 5.84. The average Bonchev–Trinajstić information content (AvgIpc) is 2.81. The fraction of sp³-hybridized carbons (Fsp3) is 0.400. The number of hydrogen-bond donors (Lipinski definition) is 1. The van der Waals surface area contributed by atoms with Gasteiger partial charge in [0.15, 0.2) is 0 Å². The summed E-state index contributed by atoms with van der Waals surface area (Å²) in [5, 5.41) is 8.44. The first-order chi connectivity index (χ1) is 7.58.